The van der Waals surface area contributed by atoms with Gasteiger partial charge in [-0.25, -0.2) is 5.84 Å². The highest BCUT2D eigenvalue weighted by Crippen LogP contribution is 2.18. The van der Waals surface area contributed by atoms with Crippen LogP contribution in [0.25, 0.3) is 0 Å². The topological polar surface area (TPSA) is 72.6 Å². The fourth-order valence-corrected chi connectivity index (χ4v) is 0.957. The summed E-state index contributed by atoms with van der Waals surface area (Å²) in [4.78, 5) is 21.7. The summed E-state index contributed by atoms with van der Waals surface area (Å²) < 4.78 is 4.92. The molecule has 0 bridgehead atoms. The molecule has 5 heteroatoms. The average Bonchev–Trinajstić information content (AvgIpc) is 2.02. The van der Waals surface area contributed by atoms with Crippen molar-refractivity contribution in [2.45, 2.75) is 6.92 Å². The van der Waals surface area contributed by atoms with Gasteiger partial charge in [0.05, 0.1) is 6.61 Å². The lowest BCUT2D eigenvalue weighted by atomic mass is 10.2. The van der Waals surface area contributed by atoms with Gasteiger partial charge in [0.2, 0.25) is 0 Å². The first-order valence-electron chi connectivity index (χ1n) is 3.54. The van der Waals surface area contributed by atoms with E-state index in [1.54, 1.807) is 6.92 Å². The molecule has 1 aromatic rings. The van der Waals surface area contributed by atoms with Crippen molar-refractivity contribution in [2.75, 3.05) is 18.7 Å². The first kappa shape index (κ1) is 8.73. The number of anilines is 1. The fourth-order valence-electron chi connectivity index (χ4n) is 0.957. The summed E-state index contributed by atoms with van der Waals surface area (Å²) in [5.41, 5.74) is -1.02. The van der Waals surface area contributed by atoms with E-state index in [0.29, 0.717) is 6.61 Å². The van der Waals surface area contributed by atoms with Crippen molar-refractivity contribution < 1.29 is 4.74 Å². The highest BCUT2D eigenvalue weighted by Gasteiger charge is 2.23. The number of hydrogen-bond acceptors (Lipinski definition) is 5. The van der Waals surface area contributed by atoms with Crippen molar-refractivity contribution in [3.8, 4) is 5.75 Å². The lowest BCUT2D eigenvalue weighted by Crippen LogP contribution is -2.42. The first-order valence-corrected chi connectivity index (χ1v) is 3.54. The van der Waals surface area contributed by atoms with Gasteiger partial charge in [0.25, 0.3) is 10.9 Å². The zero-order chi connectivity index (χ0) is 9.30. The molecule has 66 valence electrons. The Bertz CT molecular complexity index is 349. The number of hydrogen-bond donors (Lipinski definition) is 1. The van der Waals surface area contributed by atoms with E-state index in [1.807, 2.05) is 0 Å². The summed E-state index contributed by atoms with van der Waals surface area (Å²) in [6.07, 6.45) is 0. The average molecular weight is 170 g/mol. The Labute approximate surface area is 69.0 Å². The summed E-state index contributed by atoms with van der Waals surface area (Å²) in [6, 6.07) is 0. The van der Waals surface area contributed by atoms with Gasteiger partial charge in [-0.3, -0.25) is 9.59 Å². The predicted octanol–water partition coefficient (Wildman–Crippen LogP) is -1.01. The van der Waals surface area contributed by atoms with Gasteiger partial charge in [0.1, 0.15) is 0 Å². The van der Waals surface area contributed by atoms with Crippen molar-refractivity contribution in [2.24, 2.45) is 5.84 Å². The molecule has 0 aliphatic heterocycles. The van der Waals surface area contributed by atoms with Gasteiger partial charge in [0.15, 0.2) is 11.4 Å². The van der Waals surface area contributed by atoms with Crippen molar-refractivity contribution in [1.82, 2.24) is 0 Å². The zero-order valence-electron chi connectivity index (χ0n) is 6.96. The number of rotatable bonds is 3. The molecule has 0 aliphatic rings. The van der Waals surface area contributed by atoms with E-state index in [4.69, 9.17) is 10.6 Å². The number of nitrogens with zero attached hydrogens (tertiary/aromatic N) is 1. The normalized spacial score (nSPS) is 10.2. The van der Waals surface area contributed by atoms with Gasteiger partial charge < -0.3 is 9.75 Å². The molecule has 0 fully saturated rings. The van der Waals surface area contributed by atoms with Crippen molar-refractivity contribution in [3.63, 3.8) is 0 Å². The highest BCUT2D eigenvalue weighted by molar-refractivity contribution is 5.62. The van der Waals surface area contributed by atoms with E-state index in [0.717, 1.165) is 5.01 Å². The largest absolute Gasteiger partial charge is 0.488 e. The second-order valence-corrected chi connectivity index (χ2v) is 2.38. The summed E-state index contributed by atoms with van der Waals surface area (Å²) >= 11 is 0. The van der Waals surface area contributed by atoms with Gasteiger partial charge in [-0.05, 0) is 6.92 Å². The molecule has 0 atom stereocenters. The molecule has 5 nitrogen and oxygen atoms in total. The van der Waals surface area contributed by atoms with Gasteiger partial charge in [-0.1, -0.05) is 0 Å². The molecular formula is C7H10N2O3. The first-order chi connectivity index (χ1) is 5.59. The summed E-state index contributed by atoms with van der Waals surface area (Å²) in [6.45, 7) is 2.09. The fraction of sp³-hybridized carbons (Fsp3) is 0.429. The van der Waals surface area contributed by atoms with E-state index < -0.39 is 10.9 Å². The van der Waals surface area contributed by atoms with Crippen LogP contribution in [0.5, 0.6) is 5.75 Å². The third-order valence-electron chi connectivity index (χ3n) is 1.48. The van der Waals surface area contributed by atoms with Crippen LogP contribution < -0.4 is 26.4 Å². The maximum absolute atomic E-state index is 10.9. The molecule has 0 unspecified atom stereocenters. The molecule has 1 rings (SSSR count). The van der Waals surface area contributed by atoms with Crippen LogP contribution >= 0.6 is 0 Å². The maximum Gasteiger partial charge on any atom is 0.272 e. The Morgan fingerprint density at radius 1 is 1.42 bits per heavy atom. The Hall–Kier alpha value is -1.36. The van der Waals surface area contributed by atoms with E-state index in [-0.39, 0.29) is 11.4 Å². The third-order valence-corrected chi connectivity index (χ3v) is 1.48. The Morgan fingerprint density at radius 2 is 2.00 bits per heavy atom. The second-order valence-electron chi connectivity index (χ2n) is 2.38. The molecule has 12 heavy (non-hydrogen) atoms. The summed E-state index contributed by atoms with van der Waals surface area (Å²) in [7, 11) is 1.48. The molecule has 1 aromatic carbocycles. The molecule has 0 saturated heterocycles. The molecule has 0 saturated carbocycles. The molecule has 0 aromatic heterocycles. The lowest BCUT2D eigenvalue weighted by Gasteiger charge is -2.16. The van der Waals surface area contributed by atoms with Crippen LogP contribution in [0.1, 0.15) is 6.92 Å². The van der Waals surface area contributed by atoms with Crippen LogP contribution in [0.15, 0.2) is 9.59 Å². The Balaban J connectivity index is 3.05. The standard InChI is InChI=1S/C7H10N2O3/c1-3-12-7-4(9(2)8)5(10)6(7)11/h3,8H2,1-2H3. The molecule has 0 aliphatic carbocycles. The van der Waals surface area contributed by atoms with E-state index >= 15 is 0 Å². The molecular weight excluding hydrogens is 160 g/mol. The minimum absolute atomic E-state index is 0.0764. The molecule has 0 radical (unpaired) electrons. The number of ether oxygens (including phenoxy) is 1. The molecule has 0 amide bonds. The van der Waals surface area contributed by atoms with Gasteiger partial charge in [-0.15, -0.1) is 0 Å². The maximum atomic E-state index is 10.9. The van der Waals surface area contributed by atoms with Crippen LogP contribution in [-0.4, -0.2) is 13.7 Å². The highest BCUT2D eigenvalue weighted by atomic mass is 16.5. The van der Waals surface area contributed by atoms with Crippen LogP contribution in [0.4, 0.5) is 5.69 Å². The van der Waals surface area contributed by atoms with Crippen molar-refractivity contribution in [1.29, 1.82) is 0 Å². The zero-order valence-corrected chi connectivity index (χ0v) is 6.96. The van der Waals surface area contributed by atoms with Crippen LogP contribution in [0.3, 0.4) is 0 Å². The monoisotopic (exact) mass is 170 g/mol. The van der Waals surface area contributed by atoms with Gasteiger partial charge in [-0.2, -0.15) is 0 Å². The number of hydrazine groups is 1. The number of nitrogens with two attached hydrogens (primary N) is 1. The Morgan fingerprint density at radius 3 is 2.42 bits per heavy atom. The van der Waals surface area contributed by atoms with Crippen molar-refractivity contribution in [3.05, 3.63) is 20.4 Å². The second kappa shape index (κ2) is 2.94. The Kier molecular flexibility index (Phi) is 2.14. The van der Waals surface area contributed by atoms with Crippen LogP contribution in [0, 0.1) is 0 Å². The van der Waals surface area contributed by atoms with E-state index in [9.17, 15) is 9.59 Å². The van der Waals surface area contributed by atoms with Gasteiger partial charge in [0, 0.05) is 7.05 Å². The van der Waals surface area contributed by atoms with E-state index in [2.05, 4.69) is 0 Å². The third kappa shape index (κ3) is 1.08. The predicted molar refractivity (Wildman–Crippen MR) is 45.1 cm³/mol. The minimum Gasteiger partial charge on any atom is -0.488 e. The summed E-state index contributed by atoms with van der Waals surface area (Å²) in [5.74, 6) is 5.37. The SMILES string of the molecule is CCOc1c(N(C)N)c(=O)c1=O. The lowest BCUT2D eigenvalue weighted by molar-refractivity contribution is 0.333. The molecule has 0 spiro atoms. The quantitative estimate of drug-likeness (QED) is 0.357. The molecule has 2 N–H and O–H groups in total. The van der Waals surface area contributed by atoms with Crippen LogP contribution in [-0.2, 0) is 0 Å². The smallest absolute Gasteiger partial charge is 0.272 e. The van der Waals surface area contributed by atoms with Crippen molar-refractivity contribution >= 4 is 5.69 Å². The summed E-state index contributed by atoms with van der Waals surface area (Å²) in [5, 5.41) is 1.09. The van der Waals surface area contributed by atoms with E-state index in [1.165, 1.54) is 7.05 Å². The minimum atomic E-state index is -0.593. The van der Waals surface area contributed by atoms with Gasteiger partial charge >= 0.3 is 0 Å². The van der Waals surface area contributed by atoms with Crippen LogP contribution in [0.2, 0.25) is 0 Å². The molecule has 0 heterocycles.